The Labute approximate surface area is 106 Å². The van der Waals surface area contributed by atoms with Gasteiger partial charge in [0.1, 0.15) is 10.4 Å². The number of aryl methyl sites for hydroxylation is 1. The number of rotatable bonds is 3. The molecule has 0 aliphatic rings. The first kappa shape index (κ1) is 11.6. The number of halogens is 1. The van der Waals surface area contributed by atoms with Crippen molar-refractivity contribution >= 4 is 33.5 Å². The van der Waals surface area contributed by atoms with Crippen molar-refractivity contribution in [3.8, 4) is 5.88 Å². The first-order chi connectivity index (χ1) is 8.08. The molecular formula is C9H11BrN6O. The lowest BCUT2D eigenvalue weighted by Gasteiger charge is -2.02. The van der Waals surface area contributed by atoms with Gasteiger partial charge in [-0.25, -0.2) is 9.67 Å². The van der Waals surface area contributed by atoms with Gasteiger partial charge in [-0.15, -0.1) is 0 Å². The molecule has 0 atom stereocenters. The Morgan fingerprint density at radius 2 is 2.18 bits per heavy atom. The van der Waals surface area contributed by atoms with Gasteiger partial charge in [-0.05, 0) is 15.9 Å². The quantitative estimate of drug-likeness (QED) is 0.830. The molecule has 0 fully saturated rings. The summed E-state index contributed by atoms with van der Waals surface area (Å²) in [4.78, 5) is 8.15. The third-order valence-electron chi connectivity index (χ3n) is 2.00. The molecule has 0 aliphatic heterocycles. The molecule has 17 heavy (non-hydrogen) atoms. The largest absolute Gasteiger partial charge is 0.481 e. The molecule has 90 valence electrons. The Morgan fingerprint density at radius 3 is 2.76 bits per heavy atom. The van der Waals surface area contributed by atoms with E-state index >= 15 is 0 Å². The fraction of sp³-hybridized carbons (Fsp3) is 0.222. The van der Waals surface area contributed by atoms with E-state index in [0.29, 0.717) is 28.1 Å². The van der Waals surface area contributed by atoms with E-state index in [1.807, 2.05) is 0 Å². The SMILES string of the molecule is COc1cc(Nc2nc(N)cc(Br)n2)nn1C. The van der Waals surface area contributed by atoms with Gasteiger partial charge in [0, 0.05) is 19.2 Å². The zero-order chi connectivity index (χ0) is 12.4. The summed E-state index contributed by atoms with van der Waals surface area (Å²) in [5.41, 5.74) is 5.60. The highest BCUT2D eigenvalue weighted by Crippen LogP contribution is 2.19. The van der Waals surface area contributed by atoms with Crippen LogP contribution in [0.3, 0.4) is 0 Å². The third kappa shape index (κ3) is 2.64. The average Bonchev–Trinajstić information content (AvgIpc) is 2.57. The van der Waals surface area contributed by atoms with Crippen LogP contribution in [0.25, 0.3) is 0 Å². The molecule has 7 nitrogen and oxygen atoms in total. The van der Waals surface area contributed by atoms with Crippen LogP contribution in [-0.2, 0) is 7.05 Å². The monoisotopic (exact) mass is 298 g/mol. The van der Waals surface area contributed by atoms with Crippen molar-refractivity contribution in [2.24, 2.45) is 7.05 Å². The molecule has 0 saturated carbocycles. The second-order valence-electron chi connectivity index (χ2n) is 3.26. The zero-order valence-electron chi connectivity index (χ0n) is 9.31. The minimum absolute atomic E-state index is 0.372. The maximum Gasteiger partial charge on any atom is 0.231 e. The van der Waals surface area contributed by atoms with Gasteiger partial charge in [-0.2, -0.15) is 10.1 Å². The number of hydrogen-bond acceptors (Lipinski definition) is 6. The van der Waals surface area contributed by atoms with Crippen LogP contribution in [0.15, 0.2) is 16.7 Å². The van der Waals surface area contributed by atoms with Crippen molar-refractivity contribution in [3.63, 3.8) is 0 Å². The minimum Gasteiger partial charge on any atom is -0.481 e. The summed E-state index contributed by atoms with van der Waals surface area (Å²) in [6.07, 6.45) is 0. The van der Waals surface area contributed by atoms with Gasteiger partial charge in [-0.3, -0.25) is 0 Å². The topological polar surface area (TPSA) is 90.9 Å². The van der Waals surface area contributed by atoms with Crippen molar-refractivity contribution < 1.29 is 4.74 Å². The summed E-state index contributed by atoms with van der Waals surface area (Å²) in [6, 6.07) is 3.35. The van der Waals surface area contributed by atoms with Gasteiger partial charge in [0.05, 0.1) is 7.11 Å². The summed E-state index contributed by atoms with van der Waals surface area (Å²) < 4.78 is 7.30. The summed E-state index contributed by atoms with van der Waals surface area (Å²) >= 11 is 3.24. The molecule has 2 aromatic rings. The number of nitrogens with zero attached hydrogens (tertiary/aromatic N) is 4. The van der Waals surface area contributed by atoms with Crippen LogP contribution in [0.4, 0.5) is 17.6 Å². The molecule has 0 aromatic carbocycles. The van der Waals surface area contributed by atoms with E-state index in [4.69, 9.17) is 10.5 Å². The predicted molar refractivity (Wildman–Crippen MR) is 67.2 cm³/mol. The van der Waals surface area contributed by atoms with Crippen molar-refractivity contribution in [3.05, 3.63) is 16.7 Å². The van der Waals surface area contributed by atoms with Crippen LogP contribution in [0.1, 0.15) is 0 Å². The number of aromatic nitrogens is 4. The molecule has 0 radical (unpaired) electrons. The lowest BCUT2D eigenvalue weighted by atomic mass is 10.6. The summed E-state index contributed by atoms with van der Waals surface area (Å²) in [5, 5.41) is 7.12. The van der Waals surface area contributed by atoms with Gasteiger partial charge < -0.3 is 15.8 Å². The molecule has 0 spiro atoms. The molecule has 0 unspecified atom stereocenters. The molecule has 0 bridgehead atoms. The molecule has 0 saturated heterocycles. The highest BCUT2D eigenvalue weighted by Gasteiger charge is 2.07. The van der Waals surface area contributed by atoms with Gasteiger partial charge in [0.15, 0.2) is 5.82 Å². The second kappa shape index (κ2) is 4.58. The molecular weight excluding hydrogens is 288 g/mol. The molecule has 2 aromatic heterocycles. The summed E-state index contributed by atoms with van der Waals surface area (Å²) in [6.45, 7) is 0. The van der Waals surface area contributed by atoms with Gasteiger partial charge >= 0.3 is 0 Å². The predicted octanol–water partition coefficient (Wildman–Crippen LogP) is 1.31. The van der Waals surface area contributed by atoms with E-state index in [2.05, 4.69) is 36.3 Å². The van der Waals surface area contributed by atoms with Gasteiger partial charge in [-0.1, -0.05) is 0 Å². The average molecular weight is 299 g/mol. The Hall–Kier alpha value is -1.83. The highest BCUT2D eigenvalue weighted by molar-refractivity contribution is 9.10. The molecule has 0 amide bonds. The molecule has 2 rings (SSSR count). The first-order valence-electron chi connectivity index (χ1n) is 4.73. The maximum atomic E-state index is 5.60. The van der Waals surface area contributed by atoms with Crippen LogP contribution in [-0.4, -0.2) is 26.9 Å². The number of nitrogens with two attached hydrogens (primary N) is 1. The minimum atomic E-state index is 0.372. The Morgan fingerprint density at radius 1 is 1.41 bits per heavy atom. The van der Waals surface area contributed by atoms with Crippen molar-refractivity contribution in [1.29, 1.82) is 0 Å². The summed E-state index contributed by atoms with van der Waals surface area (Å²) in [7, 11) is 3.36. The van der Waals surface area contributed by atoms with Gasteiger partial charge in [0.25, 0.3) is 0 Å². The third-order valence-corrected chi connectivity index (χ3v) is 2.41. The van der Waals surface area contributed by atoms with Crippen molar-refractivity contribution in [2.75, 3.05) is 18.2 Å². The van der Waals surface area contributed by atoms with Crippen LogP contribution in [0, 0.1) is 0 Å². The van der Waals surface area contributed by atoms with E-state index in [1.54, 1.807) is 31.0 Å². The maximum absolute atomic E-state index is 5.60. The van der Waals surface area contributed by atoms with Crippen LogP contribution < -0.4 is 15.8 Å². The molecule has 2 heterocycles. The fourth-order valence-electron chi connectivity index (χ4n) is 1.31. The number of methoxy groups -OCH3 is 1. The molecule has 0 aliphatic carbocycles. The Bertz CT molecular complexity index is 520. The lowest BCUT2D eigenvalue weighted by Crippen LogP contribution is -2.01. The van der Waals surface area contributed by atoms with Crippen LogP contribution in [0.2, 0.25) is 0 Å². The van der Waals surface area contributed by atoms with E-state index in [9.17, 15) is 0 Å². The lowest BCUT2D eigenvalue weighted by molar-refractivity contribution is 0.373. The second-order valence-corrected chi connectivity index (χ2v) is 4.07. The van der Waals surface area contributed by atoms with E-state index in [-0.39, 0.29) is 0 Å². The number of nitrogen functional groups attached to an aromatic ring is 1. The van der Waals surface area contributed by atoms with Crippen molar-refractivity contribution in [2.45, 2.75) is 0 Å². The zero-order valence-corrected chi connectivity index (χ0v) is 10.9. The summed E-state index contributed by atoms with van der Waals surface area (Å²) in [5.74, 6) is 1.97. The van der Waals surface area contributed by atoms with E-state index < -0.39 is 0 Å². The van der Waals surface area contributed by atoms with Crippen LogP contribution in [0.5, 0.6) is 5.88 Å². The number of nitrogens with one attached hydrogen (secondary N) is 1. The van der Waals surface area contributed by atoms with Crippen LogP contribution >= 0.6 is 15.9 Å². The Balaban J connectivity index is 2.24. The standard InChI is InChI=1S/C9H11BrN6O/c1-16-8(17-2)4-7(15-16)14-9-12-5(10)3-6(11)13-9/h3-4H,1-2H3,(H3,11,12,13,14,15). The molecule has 3 N–H and O–H groups in total. The number of anilines is 3. The van der Waals surface area contributed by atoms with E-state index in [1.165, 1.54) is 0 Å². The smallest absolute Gasteiger partial charge is 0.231 e. The fourth-order valence-corrected chi connectivity index (χ4v) is 1.71. The number of ether oxygens (including phenoxy) is 1. The van der Waals surface area contributed by atoms with E-state index in [0.717, 1.165) is 0 Å². The Kier molecular flexibility index (Phi) is 3.14. The first-order valence-corrected chi connectivity index (χ1v) is 5.53. The number of hydrogen-bond donors (Lipinski definition) is 2. The highest BCUT2D eigenvalue weighted by atomic mass is 79.9. The molecule has 8 heteroatoms. The normalized spacial score (nSPS) is 10.3. The van der Waals surface area contributed by atoms with Gasteiger partial charge in [0.2, 0.25) is 11.8 Å². The van der Waals surface area contributed by atoms with Crippen molar-refractivity contribution in [1.82, 2.24) is 19.7 Å².